The topological polar surface area (TPSA) is 248 Å². The van der Waals surface area contributed by atoms with E-state index in [0.29, 0.717) is 16.5 Å². The molecule has 2 heterocycles. The summed E-state index contributed by atoms with van der Waals surface area (Å²) in [6.45, 7) is -1.52. The van der Waals surface area contributed by atoms with Gasteiger partial charge in [0.05, 0.1) is 23.9 Å². The average Bonchev–Trinajstić information content (AvgIpc) is 3.56. The van der Waals surface area contributed by atoms with Crippen LogP contribution in [0.25, 0.3) is 32.3 Å². The first-order valence-electron chi connectivity index (χ1n) is 17.9. The Labute approximate surface area is 341 Å². The number of hydrogen-bond donors (Lipinski definition) is 4. The van der Waals surface area contributed by atoms with Gasteiger partial charge in [0.25, 0.3) is 0 Å². The number of anilines is 2. The fraction of sp³-hybridized carbons (Fsp3) is 0.158. The fourth-order valence-corrected chi connectivity index (χ4v) is 12.0. The van der Waals surface area contributed by atoms with E-state index in [9.17, 15) is 41.6 Å². The van der Waals surface area contributed by atoms with E-state index in [1.54, 1.807) is 72.8 Å². The molecular formula is C38H34N3O15P3S. The van der Waals surface area contributed by atoms with Gasteiger partial charge in [-0.25, -0.2) is 26.9 Å². The first-order chi connectivity index (χ1) is 28.6. The number of hydrogen-bond acceptors (Lipinski definition) is 14. The second kappa shape index (κ2) is 16.6. The quantitative estimate of drug-likeness (QED) is 0.0559. The molecular weight excluding hydrogens is 863 g/mol. The van der Waals surface area contributed by atoms with Crippen molar-refractivity contribution in [3.63, 3.8) is 0 Å². The molecule has 7 aromatic rings. The first-order valence-corrected chi connectivity index (χ1v) is 24.1. The van der Waals surface area contributed by atoms with Crippen molar-refractivity contribution in [1.82, 2.24) is 9.55 Å². The summed E-state index contributed by atoms with van der Waals surface area (Å²) in [5.74, 6) is -0.435. The van der Waals surface area contributed by atoms with Gasteiger partial charge in [-0.3, -0.25) is 13.6 Å². The van der Waals surface area contributed by atoms with Crippen LogP contribution in [0.3, 0.4) is 0 Å². The van der Waals surface area contributed by atoms with Crippen molar-refractivity contribution in [2.24, 2.45) is 0 Å². The van der Waals surface area contributed by atoms with Gasteiger partial charge < -0.3 is 29.5 Å². The highest BCUT2D eigenvalue weighted by atomic mass is 32.2. The molecule has 0 saturated carbocycles. The minimum atomic E-state index is -5.98. The standard InChI is InChI=1S/C38H34N3O15P3S/c42-38-40-33(39-28-10-3-1-4-11-28)20-21-41(38)37-36(53-29-12-5-2-6-13-29)31(24-51-37)54-58(45,46)56-59(47,48)55-57(43,44)52-22-23-60(49,50)32-19-17-27-15-14-25-8-7-9-26-16-18-30(32)35(27)34(25)26/h1-21,31,36-37H,22-24H2,(H,43,44)(H,45,46)(H,47,48)(H,39,40,42)/t31-,36?,37+/m0/s1. The number of nitrogens with zero attached hydrogens (tertiary/aromatic N) is 2. The zero-order chi connectivity index (χ0) is 42.3. The van der Waals surface area contributed by atoms with Crippen molar-refractivity contribution in [2.75, 3.05) is 24.3 Å². The highest BCUT2D eigenvalue weighted by Gasteiger charge is 2.49. The van der Waals surface area contributed by atoms with Crippen molar-refractivity contribution in [2.45, 2.75) is 23.3 Å². The third kappa shape index (κ3) is 9.23. The Morgan fingerprint density at radius 3 is 2.08 bits per heavy atom. The number of phosphoric ester groups is 2. The third-order valence-electron chi connectivity index (χ3n) is 9.36. The molecule has 4 N–H and O–H groups in total. The van der Waals surface area contributed by atoms with E-state index in [-0.39, 0.29) is 16.5 Å². The van der Waals surface area contributed by atoms with Gasteiger partial charge in [0.1, 0.15) is 17.7 Å². The zero-order valence-electron chi connectivity index (χ0n) is 30.9. The Balaban J connectivity index is 0.927. The number of para-hydroxylation sites is 2. The minimum absolute atomic E-state index is 0.0778. The second-order valence-corrected chi connectivity index (χ2v) is 20.1. The second-order valence-electron chi connectivity index (χ2n) is 13.4. The van der Waals surface area contributed by atoms with Crippen LogP contribution in [0.15, 0.2) is 137 Å². The summed E-state index contributed by atoms with van der Waals surface area (Å²) in [6.07, 6.45) is -2.93. The Bertz CT molecular complexity index is 3000. The fourth-order valence-electron chi connectivity index (χ4n) is 6.87. The zero-order valence-corrected chi connectivity index (χ0v) is 34.4. The third-order valence-corrected chi connectivity index (χ3v) is 15.4. The largest absolute Gasteiger partial charge is 0.490 e. The predicted molar refractivity (Wildman–Crippen MR) is 219 cm³/mol. The summed E-state index contributed by atoms with van der Waals surface area (Å²) >= 11 is 0. The SMILES string of the molecule is O=c1nc(Nc2ccccc2)ccn1[C@@H]1OC[C@H](OP(=O)(O)OP(=O)(O)OP(=O)(O)OCCS(=O)(=O)c2ccc3ccc4cccc5ccc2c3c45)C1Oc1ccccc1. The van der Waals surface area contributed by atoms with Crippen LogP contribution in [0.2, 0.25) is 0 Å². The molecule has 312 valence electrons. The summed E-state index contributed by atoms with van der Waals surface area (Å²) in [5, 5.41) is 7.60. The van der Waals surface area contributed by atoms with Crippen LogP contribution < -0.4 is 15.7 Å². The van der Waals surface area contributed by atoms with Crippen LogP contribution in [-0.4, -0.2) is 63.8 Å². The molecule has 6 atom stereocenters. The molecule has 22 heteroatoms. The van der Waals surface area contributed by atoms with Gasteiger partial charge >= 0.3 is 29.2 Å². The number of rotatable bonds is 16. The molecule has 4 unspecified atom stereocenters. The van der Waals surface area contributed by atoms with Gasteiger partial charge in [-0.2, -0.15) is 13.6 Å². The van der Waals surface area contributed by atoms with E-state index in [1.165, 1.54) is 18.3 Å². The molecule has 0 radical (unpaired) electrons. The number of nitrogens with one attached hydrogen (secondary N) is 1. The predicted octanol–water partition coefficient (Wildman–Crippen LogP) is 7.07. The number of sulfone groups is 1. The number of aromatic nitrogens is 2. The molecule has 0 amide bonds. The molecule has 8 rings (SSSR count). The van der Waals surface area contributed by atoms with Crippen LogP contribution in [-0.2, 0) is 45.9 Å². The summed E-state index contributed by atoms with van der Waals surface area (Å²) < 4.78 is 96.9. The Kier molecular flexibility index (Phi) is 11.6. The smallest absolute Gasteiger partial charge is 0.483 e. The first kappa shape index (κ1) is 41.9. The van der Waals surface area contributed by atoms with Crippen LogP contribution in [0.5, 0.6) is 5.75 Å². The van der Waals surface area contributed by atoms with Gasteiger partial charge in [0.15, 0.2) is 22.2 Å². The maximum absolute atomic E-state index is 13.5. The van der Waals surface area contributed by atoms with Crippen molar-refractivity contribution < 1.29 is 63.9 Å². The van der Waals surface area contributed by atoms with E-state index in [1.807, 2.05) is 36.4 Å². The Morgan fingerprint density at radius 1 is 0.750 bits per heavy atom. The number of benzene rings is 6. The Hall–Kier alpha value is -4.84. The molecule has 0 aliphatic carbocycles. The summed E-state index contributed by atoms with van der Waals surface area (Å²) in [7, 11) is -21.5. The lowest BCUT2D eigenvalue weighted by Gasteiger charge is -2.26. The van der Waals surface area contributed by atoms with Crippen LogP contribution >= 0.6 is 23.5 Å². The van der Waals surface area contributed by atoms with E-state index < -0.39 is 76.4 Å². The lowest BCUT2D eigenvalue weighted by Crippen LogP contribution is -2.39. The maximum atomic E-state index is 13.5. The van der Waals surface area contributed by atoms with Gasteiger partial charge in [0.2, 0.25) is 0 Å². The van der Waals surface area contributed by atoms with E-state index in [0.717, 1.165) is 26.1 Å². The van der Waals surface area contributed by atoms with Gasteiger partial charge in [0, 0.05) is 17.3 Å². The monoisotopic (exact) mass is 897 g/mol. The number of phosphoric acid groups is 3. The van der Waals surface area contributed by atoms with Crippen molar-refractivity contribution in [1.29, 1.82) is 0 Å². The van der Waals surface area contributed by atoms with E-state index >= 15 is 0 Å². The van der Waals surface area contributed by atoms with E-state index in [2.05, 4.69) is 18.9 Å². The molecule has 1 aromatic heterocycles. The van der Waals surface area contributed by atoms with Crippen LogP contribution in [0.4, 0.5) is 11.5 Å². The van der Waals surface area contributed by atoms with Crippen molar-refractivity contribution in [3.8, 4) is 5.75 Å². The highest BCUT2D eigenvalue weighted by molar-refractivity contribution is 7.91. The van der Waals surface area contributed by atoms with Crippen LogP contribution in [0.1, 0.15) is 6.23 Å². The summed E-state index contributed by atoms with van der Waals surface area (Å²) in [5.41, 5.74) is -0.141. The van der Waals surface area contributed by atoms with Gasteiger partial charge in [-0.1, -0.05) is 84.9 Å². The van der Waals surface area contributed by atoms with Gasteiger partial charge in [-0.15, -0.1) is 0 Å². The molecule has 1 aliphatic rings. The normalized spacial score (nSPS) is 20.1. The highest BCUT2D eigenvalue weighted by Crippen LogP contribution is 2.68. The lowest BCUT2D eigenvalue weighted by molar-refractivity contribution is -0.00787. The lowest BCUT2D eigenvalue weighted by atomic mass is 9.94. The van der Waals surface area contributed by atoms with Crippen molar-refractivity contribution in [3.05, 3.63) is 138 Å². The average molecular weight is 898 g/mol. The molecule has 0 spiro atoms. The van der Waals surface area contributed by atoms with E-state index in [4.69, 9.17) is 18.5 Å². The molecule has 60 heavy (non-hydrogen) atoms. The summed E-state index contributed by atoms with van der Waals surface area (Å²) in [6, 6.07) is 34.4. The molecule has 1 aliphatic heterocycles. The summed E-state index contributed by atoms with van der Waals surface area (Å²) in [4.78, 5) is 48.3. The van der Waals surface area contributed by atoms with Gasteiger partial charge in [-0.05, 0) is 63.3 Å². The molecule has 0 bridgehead atoms. The molecule has 18 nitrogen and oxygen atoms in total. The minimum Gasteiger partial charge on any atom is -0.483 e. The molecule has 1 fully saturated rings. The number of ether oxygens (including phenoxy) is 2. The maximum Gasteiger partial charge on any atom is 0.490 e. The Morgan fingerprint density at radius 2 is 1.38 bits per heavy atom. The van der Waals surface area contributed by atoms with Crippen molar-refractivity contribution >= 4 is 77.1 Å². The van der Waals surface area contributed by atoms with Crippen LogP contribution in [0, 0.1) is 0 Å². The molecule has 1 saturated heterocycles. The molecule has 6 aromatic carbocycles.